The van der Waals surface area contributed by atoms with Crippen molar-refractivity contribution in [2.24, 2.45) is 0 Å². The predicted molar refractivity (Wildman–Crippen MR) is 74.2 cm³/mol. The second kappa shape index (κ2) is 4.98. The summed E-state index contributed by atoms with van der Waals surface area (Å²) in [7, 11) is -2.84. The van der Waals surface area contributed by atoms with E-state index in [9.17, 15) is 8.42 Å². The number of hydrogen-bond donors (Lipinski definition) is 1. The summed E-state index contributed by atoms with van der Waals surface area (Å²) in [5.41, 5.74) is 2.14. The summed E-state index contributed by atoms with van der Waals surface area (Å²) in [5.74, 6) is 0.590. The lowest BCUT2D eigenvalue weighted by Gasteiger charge is -2.24. The van der Waals surface area contributed by atoms with E-state index in [1.807, 2.05) is 25.1 Å². The summed E-state index contributed by atoms with van der Waals surface area (Å²) in [6.07, 6.45) is 1.68. The van der Waals surface area contributed by atoms with Gasteiger partial charge in [0.05, 0.1) is 11.5 Å². The van der Waals surface area contributed by atoms with Crippen molar-refractivity contribution in [1.82, 2.24) is 0 Å². The van der Waals surface area contributed by atoms with Crippen molar-refractivity contribution in [3.05, 3.63) is 28.2 Å². The minimum Gasteiger partial charge on any atom is -0.381 e. The van der Waals surface area contributed by atoms with Crippen LogP contribution in [0.2, 0.25) is 0 Å². The standard InChI is InChI=1S/C12H16BrNO2S/c1-9-7-10(4-5-12(9)13)14-11-3-2-6-17(15,16)8-11/h4-5,7,11,14H,2-3,6,8H2,1H3. The van der Waals surface area contributed by atoms with Gasteiger partial charge in [0.15, 0.2) is 9.84 Å². The Morgan fingerprint density at radius 1 is 1.41 bits per heavy atom. The fourth-order valence-electron chi connectivity index (χ4n) is 2.11. The highest BCUT2D eigenvalue weighted by molar-refractivity contribution is 9.10. The molecule has 3 nitrogen and oxygen atoms in total. The highest BCUT2D eigenvalue weighted by Crippen LogP contribution is 2.22. The van der Waals surface area contributed by atoms with Crippen molar-refractivity contribution < 1.29 is 8.42 Å². The van der Waals surface area contributed by atoms with Crippen molar-refractivity contribution in [3.8, 4) is 0 Å². The SMILES string of the molecule is Cc1cc(NC2CCCS(=O)(=O)C2)ccc1Br. The number of anilines is 1. The first-order valence-electron chi connectivity index (χ1n) is 5.69. The van der Waals surface area contributed by atoms with Gasteiger partial charge in [-0.05, 0) is 43.5 Å². The second-order valence-electron chi connectivity index (χ2n) is 4.56. The summed E-state index contributed by atoms with van der Waals surface area (Å²) in [6, 6.07) is 6.04. The average molecular weight is 318 g/mol. The van der Waals surface area contributed by atoms with Gasteiger partial charge < -0.3 is 5.32 Å². The molecule has 94 valence electrons. The molecule has 0 bridgehead atoms. The van der Waals surface area contributed by atoms with E-state index in [4.69, 9.17) is 0 Å². The monoisotopic (exact) mass is 317 g/mol. The Bertz CT molecular complexity index is 513. The quantitative estimate of drug-likeness (QED) is 0.912. The zero-order valence-electron chi connectivity index (χ0n) is 9.74. The van der Waals surface area contributed by atoms with Gasteiger partial charge in [0.25, 0.3) is 0 Å². The number of aryl methyl sites for hydroxylation is 1. The molecule has 0 spiro atoms. The Balaban J connectivity index is 2.08. The molecule has 0 amide bonds. The van der Waals surface area contributed by atoms with Crippen LogP contribution in [0.4, 0.5) is 5.69 Å². The van der Waals surface area contributed by atoms with Gasteiger partial charge >= 0.3 is 0 Å². The molecule has 1 N–H and O–H groups in total. The molecule has 1 aromatic carbocycles. The lowest BCUT2D eigenvalue weighted by molar-refractivity contribution is 0.562. The van der Waals surface area contributed by atoms with Crippen molar-refractivity contribution in [1.29, 1.82) is 0 Å². The number of hydrogen-bond acceptors (Lipinski definition) is 3. The molecule has 2 rings (SSSR count). The third-order valence-electron chi connectivity index (χ3n) is 2.99. The summed E-state index contributed by atoms with van der Waals surface area (Å²) >= 11 is 3.45. The second-order valence-corrected chi connectivity index (χ2v) is 7.64. The molecular weight excluding hydrogens is 302 g/mol. The van der Waals surface area contributed by atoms with Gasteiger partial charge in [-0.1, -0.05) is 15.9 Å². The first-order chi connectivity index (χ1) is 7.96. The third-order valence-corrected chi connectivity index (χ3v) is 5.70. The maximum absolute atomic E-state index is 11.5. The molecule has 0 aliphatic carbocycles. The van der Waals surface area contributed by atoms with Crippen LogP contribution in [-0.2, 0) is 9.84 Å². The lowest BCUT2D eigenvalue weighted by atomic mass is 10.1. The van der Waals surface area contributed by atoms with Crippen LogP contribution in [0, 0.1) is 6.92 Å². The van der Waals surface area contributed by atoms with E-state index < -0.39 is 9.84 Å². The highest BCUT2D eigenvalue weighted by Gasteiger charge is 2.24. The van der Waals surface area contributed by atoms with Crippen molar-refractivity contribution in [3.63, 3.8) is 0 Å². The smallest absolute Gasteiger partial charge is 0.152 e. The van der Waals surface area contributed by atoms with Crippen LogP contribution in [0.3, 0.4) is 0 Å². The van der Waals surface area contributed by atoms with E-state index in [0.29, 0.717) is 5.75 Å². The Kier molecular flexibility index (Phi) is 3.78. The number of nitrogens with one attached hydrogen (secondary N) is 1. The van der Waals surface area contributed by atoms with Crippen molar-refractivity contribution >= 4 is 31.5 Å². The van der Waals surface area contributed by atoms with E-state index in [-0.39, 0.29) is 11.8 Å². The normalized spacial score (nSPS) is 23.3. The first kappa shape index (κ1) is 12.9. The van der Waals surface area contributed by atoms with Gasteiger partial charge in [0.1, 0.15) is 0 Å². The number of sulfone groups is 1. The molecular formula is C12H16BrNO2S. The van der Waals surface area contributed by atoms with Gasteiger partial charge in [0, 0.05) is 16.2 Å². The van der Waals surface area contributed by atoms with Gasteiger partial charge in [-0.25, -0.2) is 8.42 Å². The molecule has 17 heavy (non-hydrogen) atoms. The van der Waals surface area contributed by atoms with Crippen LogP contribution in [0.5, 0.6) is 0 Å². The number of rotatable bonds is 2. The molecule has 1 aliphatic rings. The van der Waals surface area contributed by atoms with E-state index in [1.165, 1.54) is 0 Å². The van der Waals surface area contributed by atoms with E-state index in [2.05, 4.69) is 21.2 Å². The predicted octanol–water partition coefficient (Wildman–Crippen LogP) is 2.75. The van der Waals surface area contributed by atoms with Crippen LogP contribution < -0.4 is 5.32 Å². The average Bonchev–Trinajstić information content (AvgIpc) is 2.22. The third kappa shape index (κ3) is 3.45. The Labute approximate surface area is 111 Å². The van der Waals surface area contributed by atoms with Crippen molar-refractivity contribution in [2.45, 2.75) is 25.8 Å². The largest absolute Gasteiger partial charge is 0.381 e. The van der Waals surface area contributed by atoms with Crippen LogP contribution in [-0.4, -0.2) is 26.0 Å². The maximum Gasteiger partial charge on any atom is 0.152 e. The minimum atomic E-state index is -2.84. The van der Waals surface area contributed by atoms with Gasteiger partial charge in [-0.3, -0.25) is 0 Å². The molecule has 1 aromatic rings. The van der Waals surface area contributed by atoms with Crippen LogP contribution >= 0.6 is 15.9 Å². The van der Waals surface area contributed by atoms with E-state index in [1.54, 1.807) is 0 Å². The molecule has 1 heterocycles. The molecule has 1 fully saturated rings. The van der Waals surface area contributed by atoms with Crippen molar-refractivity contribution in [2.75, 3.05) is 16.8 Å². The maximum atomic E-state index is 11.5. The molecule has 5 heteroatoms. The first-order valence-corrected chi connectivity index (χ1v) is 8.31. The Morgan fingerprint density at radius 2 is 2.18 bits per heavy atom. The molecule has 0 radical (unpaired) electrons. The summed E-state index contributed by atoms with van der Waals surface area (Å²) in [6.45, 7) is 2.02. The minimum absolute atomic E-state index is 0.0503. The van der Waals surface area contributed by atoms with E-state index >= 15 is 0 Å². The molecule has 1 atom stereocenters. The molecule has 1 aliphatic heterocycles. The van der Waals surface area contributed by atoms with Crippen LogP contribution in [0.15, 0.2) is 22.7 Å². The van der Waals surface area contributed by atoms with Gasteiger partial charge in [0.2, 0.25) is 0 Å². The molecule has 0 saturated carbocycles. The fourth-order valence-corrected chi connectivity index (χ4v) is 3.99. The van der Waals surface area contributed by atoms with E-state index in [0.717, 1.165) is 28.6 Å². The molecule has 1 saturated heterocycles. The van der Waals surface area contributed by atoms with Gasteiger partial charge in [-0.2, -0.15) is 0 Å². The summed E-state index contributed by atoms with van der Waals surface area (Å²) < 4.78 is 24.1. The molecule has 1 unspecified atom stereocenters. The molecule has 0 aromatic heterocycles. The highest BCUT2D eigenvalue weighted by atomic mass is 79.9. The van der Waals surface area contributed by atoms with Crippen LogP contribution in [0.1, 0.15) is 18.4 Å². The Morgan fingerprint density at radius 3 is 2.82 bits per heavy atom. The number of benzene rings is 1. The Hall–Kier alpha value is -0.550. The lowest BCUT2D eigenvalue weighted by Crippen LogP contribution is -2.34. The summed E-state index contributed by atoms with van der Waals surface area (Å²) in [4.78, 5) is 0. The van der Waals surface area contributed by atoms with Crippen LogP contribution in [0.25, 0.3) is 0 Å². The van der Waals surface area contributed by atoms with Gasteiger partial charge in [-0.15, -0.1) is 0 Å². The summed E-state index contributed by atoms with van der Waals surface area (Å²) in [5, 5.41) is 3.30. The zero-order chi connectivity index (χ0) is 12.5. The zero-order valence-corrected chi connectivity index (χ0v) is 12.1. The topological polar surface area (TPSA) is 46.2 Å². The number of halogens is 1. The fraction of sp³-hybridized carbons (Fsp3) is 0.500.